The number of nitrogens with zero attached hydrogens (tertiary/aromatic N) is 1. The summed E-state index contributed by atoms with van der Waals surface area (Å²) >= 11 is 0. The van der Waals surface area contributed by atoms with Gasteiger partial charge in [-0.2, -0.15) is 0 Å². The lowest BCUT2D eigenvalue weighted by Gasteiger charge is -2.05. The molecule has 0 atom stereocenters. The van der Waals surface area contributed by atoms with Crippen LogP contribution in [0.4, 0.5) is 0 Å². The second-order valence-electron chi connectivity index (χ2n) is 4.12. The average Bonchev–Trinajstić information content (AvgIpc) is 2.67. The van der Waals surface area contributed by atoms with Gasteiger partial charge in [0.15, 0.2) is 0 Å². The van der Waals surface area contributed by atoms with Gasteiger partial charge >= 0.3 is 0 Å². The predicted octanol–water partition coefficient (Wildman–Crippen LogP) is 2.97. The molecule has 1 aromatic heterocycles. The number of fused-ring (bicyclic) bond motifs is 3. The molecule has 0 bridgehead atoms. The monoisotopic (exact) mass is 211 g/mol. The molecule has 0 N–H and O–H groups in total. The fraction of sp³-hybridized carbons (Fsp3) is 0.214. The molecule has 1 aliphatic carbocycles. The van der Waals surface area contributed by atoms with Gasteiger partial charge in [0.1, 0.15) is 5.75 Å². The van der Waals surface area contributed by atoms with Gasteiger partial charge in [-0.15, -0.1) is 0 Å². The number of methoxy groups -OCH3 is 1. The first-order valence-electron chi connectivity index (χ1n) is 5.42. The Kier molecular flexibility index (Phi) is 1.96. The minimum atomic E-state index is 0.932. The molecule has 16 heavy (non-hydrogen) atoms. The number of aromatic nitrogens is 1. The van der Waals surface area contributed by atoms with Crippen molar-refractivity contribution in [3.8, 4) is 17.0 Å². The molecule has 0 aliphatic heterocycles. The summed E-state index contributed by atoms with van der Waals surface area (Å²) in [6, 6.07) is 10.4. The van der Waals surface area contributed by atoms with E-state index in [-0.39, 0.29) is 0 Å². The maximum absolute atomic E-state index is 5.39. The summed E-state index contributed by atoms with van der Waals surface area (Å²) in [6.45, 7) is 2.03. The molecule has 0 saturated carbocycles. The molecule has 2 nitrogen and oxygen atoms in total. The summed E-state index contributed by atoms with van der Waals surface area (Å²) in [5.41, 5.74) is 5.96. The lowest BCUT2D eigenvalue weighted by atomic mass is 10.1. The molecule has 3 rings (SSSR count). The summed E-state index contributed by atoms with van der Waals surface area (Å²) in [6.07, 6.45) is 0.932. The summed E-state index contributed by atoms with van der Waals surface area (Å²) in [7, 11) is 1.72. The normalized spacial score (nSPS) is 12.1. The van der Waals surface area contributed by atoms with Crippen molar-refractivity contribution in [3.63, 3.8) is 0 Å². The minimum absolute atomic E-state index is 0.932. The third-order valence-corrected chi connectivity index (χ3v) is 3.09. The van der Waals surface area contributed by atoms with Crippen LogP contribution in [0, 0.1) is 6.92 Å². The van der Waals surface area contributed by atoms with Gasteiger partial charge in [0.05, 0.1) is 12.8 Å². The molecule has 0 unspecified atom stereocenters. The van der Waals surface area contributed by atoms with E-state index < -0.39 is 0 Å². The highest BCUT2D eigenvalue weighted by atomic mass is 16.5. The van der Waals surface area contributed by atoms with Crippen molar-refractivity contribution in [2.75, 3.05) is 7.11 Å². The molecule has 1 aromatic carbocycles. The first-order chi connectivity index (χ1) is 7.79. The van der Waals surface area contributed by atoms with E-state index in [1.54, 1.807) is 7.11 Å². The molecule has 0 radical (unpaired) electrons. The molecule has 1 aliphatic rings. The van der Waals surface area contributed by atoms with Crippen molar-refractivity contribution < 1.29 is 4.74 Å². The van der Waals surface area contributed by atoms with Crippen LogP contribution in [0.3, 0.4) is 0 Å². The van der Waals surface area contributed by atoms with Crippen LogP contribution in [0.15, 0.2) is 30.3 Å². The summed E-state index contributed by atoms with van der Waals surface area (Å²) in [5, 5.41) is 0. The van der Waals surface area contributed by atoms with Gasteiger partial charge in [0.2, 0.25) is 0 Å². The zero-order valence-corrected chi connectivity index (χ0v) is 9.45. The van der Waals surface area contributed by atoms with Gasteiger partial charge in [0, 0.05) is 23.2 Å². The van der Waals surface area contributed by atoms with E-state index in [1.165, 1.54) is 16.7 Å². The Balaban J connectivity index is 2.25. The first kappa shape index (κ1) is 9.40. The fourth-order valence-corrected chi connectivity index (χ4v) is 2.31. The Morgan fingerprint density at radius 1 is 1.19 bits per heavy atom. The van der Waals surface area contributed by atoms with Gasteiger partial charge in [-0.1, -0.05) is 18.2 Å². The van der Waals surface area contributed by atoms with Crippen molar-refractivity contribution >= 4 is 0 Å². The number of pyridine rings is 1. The molecule has 80 valence electrons. The molecule has 0 saturated heterocycles. The van der Waals surface area contributed by atoms with Gasteiger partial charge in [0.25, 0.3) is 0 Å². The van der Waals surface area contributed by atoms with Gasteiger partial charge in [-0.05, 0) is 24.6 Å². The van der Waals surface area contributed by atoms with Crippen LogP contribution in [-0.4, -0.2) is 12.1 Å². The van der Waals surface area contributed by atoms with Crippen molar-refractivity contribution in [1.82, 2.24) is 4.98 Å². The number of ether oxygens (including phenoxy) is 1. The standard InChI is InChI=1S/C14H13NO/c1-9-6-7-10-8-12-11(14(10)15-9)4-3-5-13(12)16-2/h3-7H,8H2,1-2H3. The number of rotatable bonds is 1. The molecule has 0 amide bonds. The van der Waals surface area contributed by atoms with Crippen LogP contribution < -0.4 is 4.74 Å². The van der Waals surface area contributed by atoms with Gasteiger partial charge in [-0.3, -0.25) is 4.98 Å². The van der Waals surface area contributed by atoms with E-state index in [0.29, 0.717) is 0 Å². The number of benzene rings is 1. The Labute approximate surface area is 94.9 Å². The summed E-state index contributed by atoms with van der Waals surface area (Å²) in [4.78, 5) is 4.61. The Hall–Kier alpha value is -1.83. The van der Waals surface area contributed by atoms with Crippen LogP contribution in [-0.2, 0) is 6.42 Å². The van der Waals surface area contributed by atoms with Gasteiger partial charge in [-0.25, -0.2) is 0 Å². The Morgan fingerprint density at radius 3 is 2.88 bits per heavy atom. The fourth-order valence-electron chi connectivity index (χ4n) is 2.31. The highest BCUT2D eigenvalue weighted by Crippen LogP contribution is 2.39. The smallest absolute Gasteiger partial charge is 0.123 e. The van der Waals surface area contributed by atoms with Crippen LogP contribution in [0.5, 0.6) is 5.75 Å². The largest absolute Gasteiger partial charge is 0.496 e. The zero-order chi connectivity index (χ0) is 11.1. The SMILES string of the molecule is COc1cccc2c1Cc1ccc(C)nc1-2. The lowest BCUT2D eigenvalue weighted by Crippen LogP contribution is -1.89. The summed E-state index contributed by atoms with van der Waals surface area (Å²) < 4.78 is 5.39. The van der Waals surface area contributed by atoms with E-state index >= 15 is 0 Å². The summed E-state index contributed by atoms with van der Waals surface area (Å²) in [5.74, 6) is 0.966. The molecular formula is C14H13NO. The van der Waals surface area contributed by atoms with E-state index in [1.807, 2.05) is 19.1 Å². The average molecular weight is 211 g/mol. The van der Waals surface area contributed by atoms with Crippen molar-refractivity contribution in [3.05, 3.63) is 47.2 Å². The third kappa shape index (κ3) is 1.23. The highest BCUT2D eigenvalue weighted by Gasteiger charge is 2.22. The second-order valence-corrected chi connectivity index (χ2v) is 4.12. The quantitative estimate of drug-likeness (QED) is 0.617. The topological polar surface area (TPSA) is 22.1 Å². The van der Waals surface area contributed by atoms with Crippen LogP contribution >= 0.6 is 0 Å². The van der Waals surface area contributed by atoms with Crippen LogP contribution in [0.2, 0.25) is 0 Å². The van der Waals surface area contributed by atoms with Crippen molar-refractivity contribution in [2.24, 2.45) is 0 Å². The van der Waals surface area contributed by atoms with E-state index in [9.17, 15) is 0 Å². The molecule has 2 heteroatoms. The van der Waals surface area contributed by atoms with Crippen LogP contribution in [0.1, 0.15) is 16.8 Å². The van der Waals surface area contributed by atoms with Crippen molar-refractivity contribution in [2.45, 2.75) is 13.3 Å². The maximum Gasteiger partial charge on any atom is 0.123 e. The predicted molar refractivity (Wildman–Crippen MR) is 63.8 cm³/mol. The third-order valence-electron chi connectivity index (χ3n) is 3.09. The minimum Gasteiger partial charge on any atom is -0.496 e. The number of hydrogen-bond donors (Lipinski definition) is 0. The van der Waals surface area contributed by atoms with E-state index in [2.05, 4.69) is 23.2 Å². The number of aryl methyl sites for hydroxylation is 1. The first-order valence-corrected chi connectivity index (χ1v) is 5.42. The molecule has 0 spiro atoms. The van der Waals surface area contributed by atoms with Gasteiger partial charge < -0.3 is 4.74 Å². The highest BCUT2D eigenvalue weighted by molar-refractivity contribution is 5.76. The zero-order valence-electron chi connectivity index (χ0n) is 9.45. The second kappa shape index (κ2) is 3.34. The lowest BCUT2D eigenvalue weighted by molar-refractivity contribution is 0.411. The van der Waals surface area contributed by atoms with E-state index in [0.717, 1.165) is 23.6 Å². The molecular weight excluding hydrogens is 198 g/mol. The van der Waals surface area contributed by atoms with Crippen molar-refractivity contribution in [1.29, 1.82) is 0 Å². The Morgan fingerprint density at radius 2 is 2.06 bits per heavy atom. The number of hydrogen-bond acceptors (Lipinski definition) is 2. The molecule has 2 aromatic rings. The van der Waals surface area contributed by atoms with Crippen LogP contribution in [0.25, 0.3) is 11.3 Å². The Bertz CT molecular complexity index is 561. The maximum atomic E-state index is 5.39. The molecule has 1 heterocycles. The molecule has 0 fully saturated rings. The van der Waals surface area contributed by atoms with E-state index in [4.69, 9.17) is 4.74 Å².